The smallest absolute Gasteiger partial charge is 0.338 e. The fourth-order valence-electron chi connectivity index (χ4n) is 4.72. The van der Waals surface area contributed by atoms with Crippen molar-refractivity contribution in [2.24, 2.45) is 23.7 Å². The minimum absolute atomic E-state index is 0.00606. The molecule has 3 N–H and O–H groups in total. The molecule has 27 heavy (non-hydrogen) atoms. The minimum atomic E-state index is -1.81. The van der Waals surface area contributed by atoms with Gasteiger partial charge in [-0.15, -0.1) is 0 Å². The maximum Gasteiger partial charge on any atom is 0.338 e. The highest BCUT2D eigenvalue weighted by atomic mass is 19.1. The lowest BCUT2D eigenvalue weighted by Crippen LogP contribution is -2.23. The molecule has 2 fully saturated rings. The Labute approximate surface area is 161 Å². The molecule has 0 aromatic heterocycles. The molecule has 4 unspecified atom stereocenters. The highest BCUT2D eigenvalue weighted by molar-refractivity contribution is 5.84. The Kier molecular flexibility index (Phi) is 8.67. The van der Waals surface area contributed by atoms with E-state index in [2.05, 4.69) is 6.92 Å². The molecule has 7 atom stereocenters. The van der Waals surface area contributed by atoms with Crippen LogP contribution in [0.3, 0.4) is 0 Å². The van der Waals surface area contributed by atoms with Gasteiger partial charge in [0.25, 0.3) is 0 Å². The largest absolute Gasteiger partial charge is 0.479 e. The first-order valence-corrected chi connectivity index (χ1v) is 10.6. The van der Waals surface area contributed by atoms with Crippen molar-refractivity contribution >= 4 is 11.8 Å². The van der Waals surface area contributed by atoms with Crippen LogP contribution in [0, 0.1) is 23.7 Å². The third kappa shape index (κ3) is 6.83. The molecular weight excluding hydrogens is 351 g/mol. The predicted molar refractivity (Wildman–Crippen MR) is 100.0 cm³/mol. The summed E-state index contributed by atoms with van der Waals surface area (Å²) < 4.78 is 13.0. The summed E-state index contributed by atoms with van der Waals surface area (Å²) in [5, 5.41) is 29.0. The predicted octanol–water partition coefficient (Wildman–Crippen LogP) is 3.50. The Morgan fingerprint density at radius 3 is 2.56 bits per heavy atom. The number of unbranched alkanes of at least 4 members (excludes halogenated alkanes) is 2. The fourth-order valence-corrected chi connectivity index (χ4v) is 4.72. The number of carboxylic acids is 1. The molecule has 0 bridgehead atoms. The summed E-state index contributed by atoms with van der Waals surface area (Å²) in [4.78, 5) is 22.7. The molecule has 2 aliphatic rings. The molecule has 2 aliphatic carbocycles. The SMILES string of the molecule is CCC1CC1CC(O)CC[C@H]1[C@H](O)CC(=O)[C@@H]1CCCCCC(F)C(=O)O. The molecule has 2 saturated carbocycles. The number of ketones is 1. The standard InChI is InChI=1S/C21H35FO5/c1-2-13-10-14(13)11-15(23)8-9-17-16(19(24)12-20(17)25)6-4-3-5-7-18(22)21(26)27/h13-18,20,23,25H,2-12H2,1H3,(H,26,27)/t13?,14?,15?,16-,17-,18?,20-/m1/s1. The molecule has 0 aliphatic heterocycles. The number of aliphatic hydroxyl groups is 2. The van der Waals surface area contributed by atoms with Crippen LogP contribution in [0.5, 0.6) is 0 Å². The van der Waals surface area contributed by atoms with Gasteiger partial charge >= 0.3 is 5.97 Å². The quantitative estimate of drug-likeness (QED) is 0.421. The Balaban J connectivity index is 1.68. The van der Waals surface area contributed by atoms with E-state index in [4.69, 9.17) is 5.11 Å². The summed E-state index contributed by atoms with van der Waals surface area (Å²) in [5.74, 6) is -0.209. The molecule has 0 spiro atoms. The van der Waals surface area contributed by atoms with Gasteiger partial charge in [-0.1, -0.05) is 26.2 Å². The molecule has 0 aromatic carbocycles. The summed E-state index contributed by atoms with van der Waals surface area (Å²) in [5.41, 5.74) is 0. The van der Waals surface area contributed by atoms with Crippen molar-refractivity contribution in [1.29, 1.82) is 0 Å². The highest BCUT2D eigenvalue weighted by Gasteiger charge is 2.41. The van der Waals surface area contributed by atoms with Gasteiger partial charge in [0.15, 0.2) is 6.17 Å². The highest BCUT2D eigenvalue weighted by Crippen LogP contribution is 2.45. The summed E-state index contributed by atoms with van der Waals surface area (Å²) >= 11 is 0. The Morgan fingerprint density at radius 1 is 1.19 bits per heavy atom. The van der Waals surface area contributed by atoms with Crippen LogP contribution in [0.25, 0.3) is 0 Å². The minimum Gasteiger partial charge on any atom is -0.479 e. The maximum absolute atomic E-state index is 13.0. The van der Waals surface area contributed by atoms with E-state index in [0.29, 0.717) is 38.0 Å². The third-order valence-corrected chi connectivity index (χ3v) is 6.58. The van der Waals surface area contributed by atoms with E-state index in [-0.39, 0.29) is 36.6 Å². The molecule has 5 nitrogen and oxygen atoms in total. The van der Waals surface area contributed by atoms with E-state index >= 15 is 0 Å². The first-order chi connectivity index (χ1) is 12.8. The van der Waals surface area contributed by atoms with Gasteiger partial charge in [-0.2, -0.15) is 0 Å². The molecule has 0 heterocycles. The zero-order chi connectivity index (χ0) is 20.0. The van der Waals surface area contributed by atoms with E-state index in [1.165, 1.54) is 12.8 Å². The average molecular weight is 387 g/mol. The van der Waals surface area contributed by atoms with E-state index in [0.717, 1.165) is 18.8 Å². The van der Waals surface area contributed by atoms with E-state index < -0.39 is 18.2 Å². The summed E-state index contributed by atoms with van der Waals surface area (Å²) in [6.07, 6.45) is 4.46. The first-order valence-electron chi connectivity index (χ1n) is 10.6. The van der Waals surface area contributed by atoms with Crippen molar-refractivity contribution < 1.29 is 29.3 Å². The number of carboxylic acid groups (broad SMARTS) is 1. The molecule has 0 amide bonds. The van der Waals surface area contributed by atoms with Gasteiger partial charge in [0, 0.05) is 12.3 Å². The maximum atomic E-state index is 13.0. The molecule has 6 heteroatoms. The van der Waals surface area contributed by atoms with Gasteiger partial charge in [0.2, 0.25) is 0 Å². The van der Waals surface area contributed by atoms with Crippen LogP contribution in [-0.2, 0) is 9.59 Å². The van der Waals surface area contributed by atoms with Crippen molar-refractivity contribution in [3.8, 4) is 0 Å². The van der Waals surface area contributed by atoms with Crippen LogP contribution in [-0.4, -0.2) is 45.5 Å². The number of aliphatic carboxylic acids is 1. The molecule has 0 saturated heterocycles. The number of halogens is 1. The van der Waals surface area contributed by atoms with Gasteiger partial charge < -0.3 is 15.3 Å². The van der Waals surface area contributed by atoms with Crippen LogP contribution < -0.4 is 0 Å². The van der Waals surface area contributed by atoms with Crippen molar-refractivity contribution in [1.82, 2.24) is 0 Å². The zero-order valence-electron chi connectivity index (χ0n) is 16.4. The second-order valence-electron chi connectivity index (χ2n) is 8.58. The molecule has 0 aromatic rings. The zero-order valence-corrected chi connectivity index (χ0v) is 16.4. The fraction of sp³-hybridized carbons (Fsp3) is 0.905. The topological polar surface area (TPSA) is 94.8 Å². The number of hydrogen-bond donors (Lipinski definition) is 3. The van der Waals surface area contributed by atoms with Crippen LogP contribution in [0.1, 0.15) is 77.6 Å². The summed E-state index contributed by atoms with van der Waals surface area (Å²) in [7, 11) is 0. The monoisotopic (exact) mass is 386 g/mol. The van der Waals surface area contributed by atoms with Crippen LogP contribution in [0.2, 0.25) is 0 Å². The van der Waals surface area contributed by atoms with Gasteiger partial charge in [-0.05, 0) is 62.7 Å². The van der Waals surface area contributed by atoms with E-state index in [1.807, 2.05) is 0 Å². The second kappa shape index (κ2) is 10.5. The Morgan fingerprint density at radius 2 is 1.93 bits per heavy atom. The Bertz CT molecular complexity index is 497. The number of aliphatic hydroxyl groups excluding tert-OH is 2. The lowest BCUT2D eigenvalue weighted by atomic mass is 9.85. The molecular formula is C21H35FO5. The van der Waals surface area contributed by atoms with Gasteiger partial charge in [0.05, 0.1) is 12.2 Å². The van der Waals surface area contributed by atoms with Crippen LogP contribution >= 0.6 is 0 Å². The average Bonchev–Trinajstić information content (AvgIpc) is 3.30. The molecule has 2 rings (SSSR count). The summed E-state index contributed by atoms with van der Waals surface area (Å²) in [6, 6.07) is 0. The Hall–Kier alpha value is -1.01. The lowest BCUT2D eigenvalue weighted by Gasteiger charge is -2.22. The van der Waals surface area contributed by atoms with Crippen molar-refractivity contribution in [3.63, 3.8) is 0 Å². The number of rotatable bonds is 13. The number of carbonyl (C=O) groups excluding carboxylic acids is 1. The number of hydrogen-bond acceptors (Lipinski definition) is 4. The van der Waals surface area contributed by atoms with E-state index in [9.17, 15) is 24.2 Å². The number of alkyl halides is 1. The third-order valence-electron chi connectivity index (χ3n) is 6.58. The van der Waals surface area contributed by atoms with Gasteiger partial charge in [0.1, 0.15) is 5.78 Å². The van der Waals surface area contributed by atoms with Gasteiger partial charge in [-0.3, -0.25) is 4.79 Å². The van der Waals surface area contributed by atoms with Gasteiger partial charge in [-0.25, -0.2) is 9.18 Å². The number of Topliss-reactive ketones (excluding diaryl/α,β-unsaturated/α-hetero) is 1. The molecule has 156 valence electrons. The van der Waals surface area contributed by atoms with Crippen molar-refractivity contribution in [3.05, 3.63) is 0 Å². The van der Waals surface area contributed by atoms with E-state index in [1.54, 1.807) is 0 Å². The van der Waals surface area contributed by atoms with Crippen molar-refractivity contribution in [2.75, 3.05) is 0 Å². The number of carbonyl (C=O) groups is 2. The first kappa shape index (κ1) is 22.3. The van der Waals surface area contributed by atoms with Crippen LogP contribution in [0.4, 0.5) is 4.39 Å². The normalized spacial score (nSPS) is 32.4. The molecule has 0 radical (unpaired) electrons. The summed E-state index contributed by atoms with van der Waals surface area (Å²) in [6.45, 7) is 2.18. The second-order valence-corrected chi connectivity index (χ2v) is 8.58. The lowest BCUT2D eigenvalue weighted by molar-refractivity contribution is -0.143. The van der Waals surface area contributed by atoms with Crippen LogP contribution in [0.15, 0.2) is 0 Å². The van der Waals surface area contributed by atoms with Crippen molar-refractivity contribution in [2.45, 2.75) is 95.9 Å².